The first-order valence-electron chi connectivity index (χ1n) is 5.82. The van der Waals surface area contributed by atoms with Crippen molar-refractivity contribution < 1.29 is 0 Å². The molecule has 16 heavy (non-hydrogen) atoms. The maximum Gasteiger partial charge on any atom is 0.0897 e. The van der Waals surface area contributed by atoms with E-state index in [1.165, 1.54) is 5.69 Å². The lowest BCUT2D eigenvalue weighted by atomic mass is 9.95. The molecule has 0 saturated heterocycles. The summed E-state index contributed by atoms with van der Waals surface area (Å²) in [6.45, 7) is 9.25. The van der Waals surface area contributed by atoms with Gasteiger partial charge in [-0.15, -0.1) is 11.3 Å². The average molecular weight is 241 g/mol. The molecule has 3 nitrogen and oxygen atoms in total. The molecule has 0 fully saturated rings. The van der Waals surface area contributed by atoms with Crippen LogP contribution in [0, 0.1) is 18.8 Å². The van der Waals surface area contributed by atoms with Gasteiger partial charge in [0.2, 0.25) is 0 Å². The van der Waals surface area contributed by atoms with Crippen LogP contribution in [0.1, 0.15) is 24.5 Å². The fourth-order valence-corrected chi connectivity index (χ4v) is 2.38. The van der Waals surface area contributed by atoms with Gasteiger partial charge in [-0.25, -0.2) is 4.98 Å². The third-order valence-electron chi connectivity index (χ3n) is 2.89. The van der Waals surface area contributed by atoms with Crippen LogP contribution in [-0.4, -0.2) is 30.0 Å². The smallest absolute Gasteiger partial charge is 0.0897 e. The van der Waals surface area contributed by atoms with Crippen molar-refractivity contribution in [3.63, 3.8) is 0 Å². The molecule has 1 heterocycles. The van der Waals surface area contributed by atoms with Gasteiger partial charge in [-0.2, -0.15) is 0 Å². The van der Waals surface area contributed by atoms with Crippen LogP contribution in [0.2, 0.25) is 0 Å². The summed E-state index contributed by atoms with van der Waals surface area (Å²) in [4.78, 5) is 6.79. The Bertz CT molecular complexity index is 309. The molecule has 0 saturated carbocycles. The van der Waals surface area contributed by atoms with E-state index in [0.717, 1.165) is 24.6 Å². The summed E-state index contributed by atoms with van der Waals surface area (Å²) in [6.07, 6.45) is 0. The van der Waals surface area contributed by atoms with E-state index in [2.05, 4.69) is 36.2 Å². The Morgan fingerprint density at radius 1 is 1.50 bits per heavy atom. The zero-order valence-corrected chi connectivity index (χ0v) is 11.5. The molecule has 1 aromatic rings. The molecule has 0 aliphatic carbocycles. The molecule has 0 bridgehead atoms. The molecule has 0 amide bonds. The number of aryl methyl sites for hydroxylation is 1. The largest absolute Gasteiger partial charge is 0.330 e. The highest BCUT2D eigenvalue weighted by molar-refractivity contribution is 7.09. The van der Waals surface area contributed by atoms with Gasteiger partial charge in [-0.05, 0) is 32.4 Å². The maximum atomic E-state index is 5.78. The van der Waals surface area contributed by atoms with Crippen LogP contribution in [0.15, 0.2) is 5.38 Å². The Labute approximate surface area is 103 Å². The molecule has 92 valence electrons. The molecule has 0 radical (unpaired) electrons. The summed E-state index contributed by atoms with van der Waals surface area (Å²) < 4.78 is 0. The van der Waals surface area contributed by atoms with E-state index in [0.29, 0.717) is 11.8 Å². The van der Waals surface area contributed by atoms with E-state index in [9.17, 15) is 0 Å². The van der Waals surface area contributed by atoms with Gasteiger partial charge < -0.3 is 10.6 Å². The van der Waals surface area contributed by atoms with Crippen LogP contribution in [0.4, 0.5) is 0 Å². The second-order valence-electron chi connectivity index (χ2n) is 4.79. The Morgan fingerprint density at radius 2 is 2.19 bits per heavy atom. The van der Waals surface area contributed by atoms with Crippen LogP contribution in [0.3, 0.4) is 0 Å². The van der Waals surface area contributed by atoms with Crippen LogP contribution >= 0.6 is 11.3 Å². The van der Waals surface area contributed by atoms with Crippen LogP contribution in [0.5, 0.6) is 0 Å². The lowest BCUT2D eigenvalue weighted by Crippen LogP contribution is -2.33. The molecule has 1 aromatic heterocycles. The molecule has 1 atom stereocenters. The Kier molecular flexibility index (Phi) is 5.38. The van der Waals surface area contributed by atoms with Crippen molar-refractivity contribution in [1.82, 2.24) is 9.88 Å². The minimum Gasteiger partial charge on any atom is -0.330 e. The molecule has 1 unspecified atom stereocenters. The van der Waals surface area contributed by atoms with Gasteiger partial charge in [-0.1, -0.05) is 13.8 Å². The summed E-state index contributed by atoms with van der Waals surface area (Å²) >= 11 is 1.71. The van der Waals surface area contributed by atoms with Gasteiger partial charge in [0.05, 0.1) is 10.7 Å². The topological polar surface area (TPSA) is 42.2 Å². The Balaban J connectivity index is 2.43. The number of aromatic nitrogens is 1. The van der Waals surface area contributed by atoms with Gasteiger partial charge in [0.1, 0.15) is 0 Å². The second-order valence-corrected chi connectivity index (χ2v) is 5.86. The monoisotopic (exact) mass is 241 g/mol. The summed E-state index contributed by atoms with van der Waals surface area (Å²) in [7, 11) is 2.14. The first-order chi connectivity index (χ1) is 7.52. The van der Waals surface area contributed by atoms with E-state index in [4.69, 9.17) is 5.73 Å². The summed E-state index contributed by atoms with van der Waals surface area (Å²) in [5.41, 5.74) is 6.95. The quantitative estimate of drug-likeness (QED) is 0.829. The molecule has 0 spiro atoms. The summed E-state index contributed by atoms with van der Waals surface area (Å²) in [5.74, 6) is 1.22. The van der Waals surface area contributed by atoms with Crippen molar-refractivity contribution in [1.29, 1.82) is 0 Å². The minimum absolute atomic E-state index is 0.574. The third-order valence-corrected chi connectivity index (χ3v) is 3.71. The molecule has 0 aromatic carbocycles. The van der Waals surface area contributed by atoms with Gasteiger partial charge in [0, 0.05) is 18.5 Å². The zero-order valence-electron chi connectivity index (χ0n) is 10.7. The minimum atomic E-state index is 0.574. The van der Waals surface area contributed by atoms with E-state index in [-0.39, 0.29) is 0 Å². The number of rotatable bonds is 6. The first kappa shape index (κ1) is 13.6. The van der Waals surface area contributed by atoms with E-state index in [1.54, 1.807) is 11.3 Å². The van der Waals surface area contributed by atoms with Crippen LogP contribution in [0.25, 0.3) is 0 Å². The fourth-order valence-electron chi connectivity index (χ4n) is 1.78. The van der Waals surface area contributed by atoms with Gasteiger partial charge in [0.15, 0.2) is 0 Å². The molecule has 0 aliphatic rings. The zero-order chi connectivity index (χ0) is 12.1. The number of nitrogens with zero attached hydrogens (tertiary/aromatic N) is 2. The van der Waals surface area contributed by atoms with Gasteiger partial charge >= 0.3 is 0 Å². The summed E-state index contributed by atoms with van der Waals surface area (Å²) in [5, 5.41) is 3.28. The molecule has 0 aliphatic heterocycles. The van der Waals surface area contributed by atoms with E-state index < -0.39 is 0 Å². The number of hydrogen-bond acceptors (Lipinski definition) is 4. The summed E-state index contributed by atoms with van der Waals surface area (Å²) in [6, 6.07) is 0. The predicted molar refractivity (Wildman–Crippen MR) is 70.6 cm³/mol. The number of thiazole rings is 1. The lowest BCUT2D eigenvalue weighted by Gasteiger charge is -2.25. The number of nitrogens with two attached hydrogens (primary N) is 1. The highest BCUT2D eigenvalue weighted by Crippen LogP contribution is 2.13. The first-order valence-corrected chi connectivity index (χ1v) is 6.70. The van der Waals surface area contributed by atoms with Crippen molar-refractivity contribution in [2.75, 3.05) is 20.1 Å². The van der Waals surface area contributed by atoms with Crippen molar-refractivity contribution in [2.45, 2.75) is 27.3 Å². The van der Waals surface area contributed by atoms with Crippen molar-refractivity contribution >= 4 is 11.3 Å². The fraction of sp³-hybridized carbons (Fsp3) is 0.750. The molecule has 2 N–H and O–H groups in total. The SMILES string of the molecule is Cc1nc(CN(C)CC(CN)C(C)C)cs1. The highest BCUT2D eigenvalue weighted by atomic mass is 32.1. The van der Waals surface area contributed by atoms with E-state index >= 15 is 0 Å². The Hall–Kier alpha value is -0.450. The second kappa shape index (κ2) is 6.33. The third kappa shape index (κ3) is 4.20. The van der Waals surface area contributed by atoms with Crippen LogP contribution < -0.4 is 5.73 Å². The lowest BCUT2D eigenvalue weighted by molar-refractivity contribution is 0.233. The standard InChI is InChI=1S/C12H23N3S/c1-9(2)11(5-13)6-15(4)7-12-8-16-10(3)14-12/h8-9,11H,5-7,13H2,1-4H3. The molecule has 1 rings (SSSR count). The molecular formula is C12H23N3S. The van der Waals surface area contributed by atoms with Crippen molar-refractivity contribution in [3.05, 3.63) is 16.1 Å². The molecule has 4 heteroatoms. The maximum absolute atomic E-state index is 5.78. The van der Waals surface area contributed by atoms with E-state index in [1.807, 2.05) is 6.92 Å². The van der Waals surface area contributed by atoms with Crippen LogP contribution in [-0.2, 0) is 6.54 Å². The predicted octanol–water partition coefficient (Wildman–Crippen LogP) is 2.11. The highest BCUT2D eigenvalue weighted by Gasteiger charge is 2.14. The van der Waals surface area contributed by atoms with Gasteiger partial charge in [-0.3, -0.25) is 0 Å². The average Bonchev–Trinajstić information content (AvgIpc) is 2.60. The van der Waals surface area contributed by atoms with Gasteiger partial charge in [0.25, 0.3) is 0 Å². The molecular weight excluding hydrogens is 218 g/mol. The Morgan fingerprint density at radius 3 is 2.62 bits per heavy atom. The van der Waals surface area contributed by atoms with Crippen molar-refractivity contribution in [3.8, 4) is 0 Å². The van der Waals surface area contributed by atoms with Crippen molar-refractivity contribution in [2.24, 2.45) is 17.6 Å². The normalized spacial score (nSPS) is 13.7. The number of hydrogen-bond donors (Lipinski definition) is 1.